The van der Waals surface area contributed by atoms with Crippen molar-refractivity contribution in [1.29, 1.82) is 0 Å². The van der Waals surface area contributed by atoms with E-state index in [-0.39, 0.29) is 12.1 Å². The molecule has 5 heteroatoms. The zero-order valence-electron chi connectivity index (χ0n) is 15.3. The Kier molecular flexibility index (Phi) is 5.37. The normalized spacial score (nSPS) is 11.8. The van der Waals surface area contributed by atoms with Crippen LogP contribution in [-0.2, 0) is 6.54 Å². The smallest absolute Gasteiger partial charge is 0.317 e. The van der Waals surface area contributed by atoms with Crippen LogP contribution in [0.1, 0.15) is 24.1 Å². The Hall–Kier alpha value is -3.08. The highest BCUT2D eigenvalue weighted by Crippen LogP contribution is 2.18. The van der Waals surface area contributed by atoms with Gasteiger partial charge < -0.3 is 15.0 Å². The Morgan fingerprint density at radius 2 is 1.96 bits per heavy atom. The predicted molar refractivity (Wildman–Crippen MR) is 103 cm³/mol. The lowest BCUT2D eigenvalue weighted by Crippen LogP contribution is -2.38. The van der Waals surface area contributed by atoms with Crippen molar-refractivity contribution in [1.82, 2.24) is 15.2 Å². The second-order valence-electron chi connectivity index (χ2n) is 6.33. The lowest BCUT2D eigenvalue weighted by atomic mass is 10.1. The van der Waals surface area contributed by atoms with Crippen LogP contribution in [0.2, 0.25) is 0 Å². The Labute approximate surface area is 153 Å². The molecule has 1 N–H and O–H groups in total. The molecule has 2 amide bonds. The highest BCUT2D eigenvalue weighted by molar-refractivity contribution is 5.79. The van der Waals surface area contributed by atoms with Crippen LogP contribution >= 0.6 is 0 Å². The lowest BCUT2D eigenvalue weighted by Gasteiger charge is -2.22. The SMILES string of the molecule is COc1ccc([C@@H](C)NC(=O)N(C)Cc2ccc3ncccc3c2)cc1. The van der Waals surface area contributed by atoms with Crippen LogP contribution in [0.4, 0.5) is 4.79 Å². The summed E-state index contributed by atoms with van der Waals surface area (Å²) in [4.78, 5) is 18.5. The van der Waals surface area contributed by atoms with Crippen LogP contribution in [0.25, 0.3) is 10.9 Å². The molecule has 0 unspecified atom stereocenters. The van der Waals surface area contributed by atoms with E-state index in [1.807, 2.05) is 55.5 Å². The number of carbonyl (C=O) groups excluding carboxylic acids is 1. The zero-order valence-corrected chi connectivity index (χ0v) is 15.3. The minimum absolute atomic E-state index is 0.0864. The first-order valence-electron chi connectivity index (χ1n) is 8.56. The van der Waals surface area contributed by atoms with E-state index in [1.54, 1.807) is 25.3 Å². The highest BCUT2D eigenvalue weighted by Gasteiger charge is 2.14. The number of hydrogen-bond acceptors (Lipinski definition) is 3. The number of hydrogen-bond donors (Lipinski definition) is 1. The predicted octanol–water partition coefficient (Wildman–Crippen LogP) is 4.15. The molecule has 0 saturated carbocycles. The van der Waals surface area contributed by atoms with Gasteiger partial charge in [0.05, 0.1) is 18.7 Å². The molecule has 0 fully saturated rings. The van der Waals surface area contributed by atoms with Gasteiger partial charge in [0.1, 0.15) is 5.75 Å². The van der Waals surface area contributed by atoms with Crippen molar-refractivity contribution in [3.63, 3.8) is 0 Å². The first-order valence-corrected chi connectivity index (χ1v) is 8.56. The molecule has 0 aliphatic heterocycles. The van der Waals surface area contributed by atoms with Gasteiger partial charge in [0.2, 0.25) is 0 Å². The number of methoxy groups -OCH3 is 1. The minimum atomic E-state index is -0.111. The number of nitrogens with one attached hydrogen (secondary N) is 1. The van der Waals surface area contributed by atoms with E-state index >= 15 is 0 Å². The van der Waals surface area contributed by atoms with Gasteiger partial charge in [-0.15, -0.1) is 0 Å². The molecule has 26 heavy (non-hydrogen) atoms. The molecular weight excluding hydrogens is 326 g/mol. The van der Waals surface area contributed by atoms with Crippen LogP contribution in [0.5, 0.6) is 5.75 Å². The van der Waals surface area contributed by atoms with Gasteiger partial charge in [-0.1, -0.05) is 24.3 Å². The summed E-state index contributed by atoms with van der Waals surface area (Å²) in [5.74, 6) is 0.801. The summed E-state index contributed by atoms with van der Waals surface area (Å²) in [6.07, 6.45) is 1.78. The average molecular weight is 349 g/mol. The third-order valence-electron chi connectivity index (χ3n) is 4.39. The van der Waals surface area contributed by atoms with Crippen LogP contribution < -0.4 is 10.1 Å². The Morgan fingerprint density at radius 1 is 1.19 bits per heavy atom. The molecule has 0 bridgehead atoms. The van der Waals surface area contributed by atoms with E-state index in [1.165, 1.54) is 0 Å². The second-order valence-corrected chi connectivity index (χ2v) is 6.33. The monoisotopic (exact) mass is 349 g/mol. The summed E-state index contributed by atoms with van der Waals surface area (Å²) in [6.45, 7) is 2.50. The minimum Gasteiger partial charge on any atom is -0.497 e. The number of ether oxygens (including phenoxy) is 1. The Bertz CT molecular complexity index is 893. The second kappa shape index (κ2) is 7.87. The van der Waals surface area contributed by atoms with Gasteiger partial charge in [-0.3, -0.25) is 4.98 Å². The van der Waals surface area contributed by atoms with Crippen molar-refractivity contribution in [2.45, 2.75) is 19.5 Å². The van der Waals surface area contributed by atoms with Crippen LogP contribution in [-0.4, -0.2) is 30.1 Å². The summed E-state index contributed by atoms with van der Waals surface area (Å²) in [5, 5.41) is 4.10. The summed E-state index contributed by atoms with van der Waals surface area (Å²) >= 11 is 0. The number of amides is 2. The maximum atomic E-state index is 12.5. The molecule has 2 aromatic carbocycles. The maximum absolute atomic E-state index is 12.5. The third-order valence-corrected chi connectivity index (χ3v) is 4.39. The molecule has 0 radical (unpaired) electrons. The fraction of sp³-hybridized carbons (Fsp3) is 0.238. The van der Waals surface area contributed by atoms with Crippen molar-refractivity contribution < 1.29 is 9.53 Å². The van der Waals surface area contributed by atoms with Gasteiger partial charge in [0, 0.05) is 25.2 Å². The molecular formula is C21H23N3O2. The van der Waals surface area contributed by atoms with Gasteiger partial charge in [0.25, 0.3) is 0 Å². The van der Waals surface area contributed by atoms with Crippen molar-refractivity contribution >= 4 is 16.9 Å². The van der Waals surface area contributed by atoms with Gasteiger partial charge in [-0.2, -0.15) is 0 Å². The van der Waals surface area contributed by atoms with Gasteiger partial charge in [-0.05, 0) is 48.4 Å². The number of rotatable bonds is 5. The van der Waals surface area contributed by atoms with Crippen molar-refractivity contribution in [3.05, 3.63) is 71.9 Å². The largest absolute Gasteiger partial charge is 0.497 e. The number of fused-ring (bicyclic) bond motifs is 1. The van der Waals surface area contributed by atoms with Gasteiger partial charge in [0.15, 0.2) is 0 Å². The molecule has 3 aromatic rings. The summed E-state index contributed by atoms with van der Waals surface area (Å²) in [5.41, 5.74) is 3.06. The van der Waals surface area contributed by atoms with Gasteiger partial charge >= 0.3 is 6.03 Å². The molecule has 1 heterocycles. The highest BCUT2D eigenvalue weighted by atomic mass is 16.5. The molecule has 0 saturated heterocycles. The topological polar surface area (TPSA) is 54.5 Å². The van der Waals surface area contributed by atoms with Crippen LogP contribution in [0.3, 0.4) is 0 Å². The number of nitrogens with zero attached hydrogens (tertiary/aromatic N) is 2. The lowest BCUT2D eigenvalue weighted by molar-refractivity contribution is 0.203. The first kappa shape index (κ1) is 17.7. The van der Waals surface area contributed by atoms with Crippen molar-refractivity contribution in [3.8, 4) is 5.75 Å². The summed E-state index contributed by atoms with van der Waals surface area (Å²) in [6, 6.07) is 17.5. The zero-order chi connectivity index (χ0) is 18.5. The number of pyridine rings is 1. The number of urea groups is 1. The number of aromatic nitrogens is 1. The molecule has 134 valence electrons. The molecule has 0 spiro atoms. The quantitative estimate of drug-likeness (QED) is 0.753. The van der Waals surface area contributed by atoms with E-state index < -0.39 is 0 Å². The van der Waals surface area contributed by atoms with Crippen molar-refractivity contribution in [2.24, 2.45) is 0 Å². The fourth-order valence-electron chi connectivity index (χ4n) is 2.84. The molecule has 1 aromatic heterocycles. The van der Waals surface area contributed by atoms with Gasteiger partial charge in [-0.25, -0.2) is 4.79 Å². The van der Waals surface area contributed by atoms with E-state index in [4.69, 9.17) is 4.74 Å². The summed E-state index contributed by atoms with van der Waals surface area (Å²) < 4.78 is 5.17. The van der Waals surface area contributed by atoms with Crippen LogP contribution in [0, 0.1) is 0 Å². The van der Waals surface area contributed by atoms with E-state index in [9.17, 15) is 4.79 Å². The van der Waals surface area contributed by atoms with Crippen molar-refractivity contribution in [2.75, 3.05) is 14.2 Å². The molecule has 3 rings (SSSR count). The number of benzene rings is 2. The Morgan fingerprint density at radius 3 is 2.69 bits per heavy atom. The van der Waals surface area contributed by atoms with E-state index in [0.29, 0.717) is 6.54 Å². The molecule has 1 atom stereocenters. The first-order chi connectivity index (χ1) is 12.6. The standard InChI is InChI=1S/C21H23N3O2/c1-15(17-7-9-19(26-3)10-8-17)23-21(25)24(2)14-16-6-11-20-18(13-16)5-4-12-22-20/h4-13,15H,14H2,1-3H3,(H,23,25)/t15-/m1/s1. The third kappa shape index (κ3) is 4.11. The maximum Gasteiger partial charge on any atom is 0.317 e. The Balaban J connectivity index is 1.62. The van der Waals surface area contributed by atoms with E-state index in [2.05, 4.69) is 16.4 Å². The molecule has 5 nitrogen and oxygen atoms in total. The summed E-state index contributed by atoms with van der Waals surface area (Å²) in [7, 11) is 3.43. The molecule has 0 aliphatic carbocycles. The molecule has 0 aliphatic rings. The number of carbonyl (C=O) groups is 1. The average Bonchev–Trinajstić information content (AvgIpc) is 2.67. The van der Waals surface area contributed by atoms with E-state index in [0.717, 1.165) is 27.8 Å². The van der Waals surface area contributed by atoms with Crippen LogP contribution in [0.15, 0.2) is 60.8 Å². The fourth-order valence-corrected chi connectivity index (χ4v) is 2.84.